The molecule has 452 valence electrons. The number of rotatable bonds is 1. The minimum absolute atomic E-state index is 0.0556. The maximum Gasteiger partial charge on any atom is 0.0300 e. The van der Waals surface area contributed by atoms with Crippen molar-refractivity contribution in [3.63, 3.8) is 0 Å². The quantitative estimate of drug-likeness (QED) is 0.246. The predicted molar refractivity (Wildman–Crippen MR) is 347 cm³/mol. The molecule has 0 amide bonds. The van der Waals surface area contributed by atoms with Gasteiger partial charge in [0.1, 0.15) is 0 Å². The van der Waals surface area contributed by atoms with Gasteiger partial charge in [-0.05, 0) is 181 Å². The molecule has 8 rings (SSSR count). The average molecular weight is 1060 g/mol. The Labute approximate surface area is 492 Å². The van der Waals surface area contributed by atoms with Gasteiger partial charge in [-0.15, -0.1) is 0 Å². The van der Waals surface area contributed by atoms with Crippen molar-refractivity contribution in [2.45, 2.75) is 398 Å². The van der Waals surface area contributed by atoms with Crippen molar-refractivity contribution in [1.82, 2.24) is 0 Å². The van der Waals surface area contributed by atoms with Crippen LogP contribution in [-0.4, -0.2) is 0 Å². The van der Waals surface area contributed by atoms with Crippen LogP contribution >= 0.6 is 0 Å². The maximum absolute atomic E-state index is 7.63. The molecule has 0 saturated heterocycles. The second kappa shape index (κ2) is 35.1. The SMILES string of the molecule is CC(C)(C)C.CC1CCC2(CC1)CC(C)(C)CC(C)(C)C2.CC1CCC2(CC1)CCC(C)(C)CC2.CC1CCC2(CCCC2)CC1.[2H]C([2H])(C)C(C)(C)C.[2H]C([2H])(C)C(C)C.[2H]C([2H])([2H])C(C)(C)C.[2H]C1(C)CCCC1.[2H]C1(C)CCCCC1. The molecule has 75 heavy (non-hydrogen) atoms. The van der Waals surface area contributed by atoms with Gasteiger partial charge in [0.15, 0.2) is 0 Å². The minimum atomic E-state index is -1.81. The molecule has 0 heterocycles. The van der Waals surface area contributed by atoms with Crippen LogP contribution in [-0.2, 0) is 0 Å². The van der Waals surface area contributed by atoms with E-state index in [-0.39, 0.29) is 23.1 Å². The standard InChI is InChI=1S/C16H30.C14H26.C11H20.C7H14.C6H12.C6H14.3C5H12/c1-13-6-8-16(9-7-13)11-14(2,3)10-15(4,5)12-16;1-12-4-6-14(7-5-12)10-8-13(2,3)9-11-14;1-10-4-8-11(9-5-10)6-2-3-7-11;1-7-5-3-2-4-6-7;1-6-4-2-3-5-6;1-5-6(2,3)4;2*1-5(2,3)4;1-4-5(2)3/h13H,6-12H2,1-5H3;12H,4-11H2,1-3H3;10H,2-9H2,1H3;7H,2-6H2,1H3;6H,2-5H2,1H3;5H2,1-4H3;2*1-4H3;5H,4H2,1-3H3/i;;;7D;6D;5D2;1D3;;4D2. The van der Waals surface area contributed by atoms with Crippen molar-refractivity contribution in [1.29, 1.82) is 0 Å². The summed E-state index contributed by atoms with van der Waals surface area (Å²) in [5.74, 6) is 3.03. The summed E-state index contributed by atoms with van der Waals surface area (Å²) < 4.78 is 64.5. The fourth-order valence-corrected chi connectivity index (χ4v) is 13.7. The number of hydrogen-bond donors (Lipinski definition) is 0. The Balaban J connectivity index is 0.000000944. The van der Waals surface area contributed by atoms with Crippen molar-refractivity contribution in [3.05, 3.63) is 0 Å². The Kier molecular flexibility index (Phi) is 27.9. The molecular formula is C75H152. The Morgan fingerprint density at radius 3 is 0.907 bits per heavy atom. The lowest BCUT2D eigenvalue weighted by molar-refractivity contribution is -0.0321. The van der Waals surface area contributed by atoms with Crippen LogP contribution in [0.3, 0.4) is 0 Å². The summed E-state index contributed by atoms with van der Waals surface area (Å²) in [6.07, 6.45) is 43.5. The van der Waals surface area contributed by atoms with E-state index < -0.39 is 25.0 Å². The van der Waals surface area contributed by atoms with E-state index in [0.717, 1.165) is 54.3 Å². The molecule has 8 aliphatic rings. The minimum Gasteiger partial charge on any atom is -0.0651 e. The highest BCUT2D eigenvalue weighted by atomic mass is 14.5. The first-order valence-corrected chi connectivity index (χ1v) is 32.9. The van der Waals surface area contributed by atoms with E-state index in [2.05, 4.69) is 90.0 Å². The summed E-state index contributed by atoms with van der Waals surface area (Å²) in [4.78, 5) is 0. The van der Waals surface area contributed by atoms with Gasteiger partial charge in [-0.1, -0.05) is 302 Å². The van der Waals surface area contributed by atoms with Crippen molar-refractivity contribution in [2.75, 3.05) is 0 Å². The molecule has 0 bridgehead atoms. The Morgan fingerprint density at radius 1 is 0.400 bits per heavy atom. The molecule has 0 atom stereocenters. The van der Waals surface area contributed by atoms with Gasteiger partial charge in [0, 0.05) is 12.3 Å². The van der Waals surface area contributed by atoms with E-state index in [1.165, 1.54) is 154 Å². The lowest BCUT2D eigenvalue weighted by Gasteiger charge is -2.54. The smallest absolute Gasteiger partial charge is 0.0300 e. The monoisotopic (exact) mass is 1060 g/mol. The molecule has 8 aliphatic carbocycles. The van der Waals surface area contributed by atoms with E-state index in [4.69, 9.17) is 12.3 Å². The Bertz CT molecular complexity index is 1610. The maximum atomic E-state index is 7.63. The highest BCUT2D eigenvalue weighted by Crippen LogP contribution is 2.60. The van der Waals surface area contributed by atoms with Gasteiger partial charge < -0.3 is 0 Å². The van der Waals surface area contributed by atoms with Crippen LogP contribution in [0.4, 0.5) is 0 Å². The van der Waals surface area contributed by atoms with Crippen LogP contribution in [0.1, 0.15) is 410 Å². The fourth-order valence-electron chi connectivity index (χ4n) is 13.7. The van der Waals surface area contributed by atoms with Gasteiger partial charge in [-0.2, -0.15) is 0 Å². The molecule has 3 spiro atoms. The first-order valence-electron chi connectivity index (χ1n) is 37.4. The topological polar surface area (TPSA) is 0 Å². The number of hydrogen-bond acceptors (Lipinski definition) is 0. The lowest BCUT2D eigenvalue weighted by Crippen LogP contribution is -2.43. The van der Waals surface area contributed by atoms with Crippen molar-refractivity contribution < 1.29 is 12.3 Å². The predicted octanol–water partition coefficient (Wildman–Crippen LogP) is 27.3. The van der Waals surface area contributed by atoms with Crippen LogP contribution in [0, 0.1) is 84.2 Å². The molecule has 0 unspecified atom stereocenters. The zero-order valence-corrected chi connectivity index (χ0v) is 56.9. The van der Waals surface area contributed by atoms with E-state index in [0.29, 0.717) is 27.1 Å². The molecular weight excluding hydrogens is 901 g/mol. The molecule has 0 aromatic carbocycles. The third-order valence-corrected chi connectivity index (χ3v) is 18.5. The summed E-state index contributed by atoms with van der Waals surface area (Å²) in [6, 6.07) is 0. The molecule has 0 aromatic rings. The van der Waals surface area contributed by atoms with Crippen LogP contribution in [0.2, 0.25) is 0 Å². The highest BCUT2D eigenvalue weighted by molar-refractivity contribution is 4.99. The second-order valence-corrected chi connectivity index (χ2v) is 34.2. The third kappa shape index (κ3) is 40.8. The van der Waals surface area contributed by atoms with Crippen LogP contribution in [0.5, 0.6) is 0 Å². The lowest BCUT2D eigenvalue weighted by atomic mass is 9.51. The summed E-state index contributed by atoms with van der Waals surface area (Å²) in [5, 5.41) is 0. The zero-order chi connectivity index (χ0) is 65.9. The molecule has 0 aliphatic heterocycles. The van der Waals surface area contributed by atoms with E-state index >= 15 is 0 Å². The summed E-state index contributed by atoms with van der Waals surface area (Å²) in [7, 11) is 0. The van der Waals surface area contributed by atoms with E-state index in [9.17, 15) is 0 Å². The van der Waals surface area contributed by atoms with Gasteiger partial charge in [-0.25, -0.2) is 0 Å². The van der Waals surface area contributed by atoms with Gasteiger partial charge in [0.2, 0.25) is 0 Å². The van der Waals surface area contributed by atoms with E-state index in [1.807, 2.05) is 48.5 Å². The fraction of sp³-hybridized carbons (Fsp3) is 1.00. The van der Waals surface area contributed by atoms with Crippen LogP contribution in [0.15, 0.2) is 0 Å². The van der Waals surface area contributed by atoms with Gasteiger partial charge in [0.05, 0.1) is 0 Å². The Morgan fingerprint density at radius 2 is 0.667 bits per heavy atom. The second-order valence-electron chi connectivity index (χ2n) is 34.2. The highest BCUT2D eigenvalue weighted by Gasteiger charge is 2.48. The average Bonchev–Trinajstić information content (AvgIpc) is 3.94. The normalized spacial score (nSPS) is 28.3. The molecule has 8 saturated carbocycles. The summed E-state index contributed by atoms with van der Waals surface area (Å²) in [5.41, 5.74) is 3.85. The largest absolute Gasteiger partial charge is 0.0651 e. The van der Waals surface area contributed by atoms with Crippen LogP contribution < -0.4 is 0 Å². The Hall–Kier alpha value is 0. The first kappa shape index (κ1) is 59.6. The van der Waals surface area contributed by atoms with Crippen LogP contribution in [0.25, 0.3) is 0 Å². The van der Waals surface area contributed by atoms with E-state index in [1.54, 1.807) is 60.3 Å². The molecule has 8 fully saturated rings. The first-order chi connectivity index (χ1) is 37.4. The summed E-state index contributed by atoms with van der Waals surface area (Å²) in [6.45, 7) is 50.9. The third-order valence-electron chi connectivity index (χ3n) is 18.5. The molecule has 0 aromatic heterocycles. The molecule has 0 heteroatoms. The van der Waals surface area contributed by atoms with Gasteiger partial charge in [-0.3, -0.25) is 0 Å². The molecule has 0 nitrogen and oxygen atoms in total. The zero-order valence-electron chi connectivity index (χ0n) is 65.9. The molecule has 0 N–H and O–H groups in total. The molecule has 0 radical (unpaired) electrons. The van der Waals surface area contributed by atoms with Gasteiger partial charge in [0.25, 0.3) is 0 Å². The van der Waals surface area contributed by atoms with Crippen molar-refractivity contribution in [2.24, 2.45) is 84.2 Å². The van der Waals surface area contributed by atoms with Crippen molar-refractivity contribution >= 4 is 0 Å². The summed E-state index contributed by atoms with van der Waals surface area (Å²) >= 11 is 0. The van der Waals surface area contributed by atoms with Gasteiger partial charge >= 0.3 is 0 Å². The van der Waals surface area contributed by atoms with Crippen molar-refractivity contribution in [3.8, 4) is 0 Å².